The Morgan fingerprint density at radius 1 is 1.48 bits per heavy atom. The van der Waals surface area contributed by atoms with Crippen LogP contribution < -0.4 is 10.5 Å². The molecule has 0 amide bonds. The van der Waals surface area contributed by atoms with Crippen LogP contribution in [0.15, 0.2) is 18.2 Å². The zero-order valence-corrected chi connectivity index (χ0v) is 13.5. The molecule has 1 heterocycles. The second-order valence-electron chi connectivity index (χ2n) is 6.14. The van der Waals surface area contributed by atoms with E-state index in [2.05, 4.69) is 18.0 Å². The van der Waals surface area contributed by atoms with E-state index < -0.39 is 0 Å². The Bertz CT molecular complexity index is 442. The Balaban J connectivity index is 2.00. The molecule has 1 aromatic carbocycles. The molecule has 2 rings (SSSR count). The van der Waals surface area contributed by atoms with Crippen LogP contribution in [-0.4, -0.2) is 38.8 Å². The van der Waals surface area contributed by atoms with E-state index in [0.29, 0.717) is 5.92 Å². The molecule has 0 bridgehead atoms. The summed E-state index contributed by atoms with van der Waals surface area (Å²) in [5.74, 6) is 1.58. The Kier molecular flexibility index (Phi) is 6.03. The highest BCUT2D eigenvalue weighted by Gasteiger charge is 2.17. The molecule has 0 spiro atoms. The van der Waals surface area contributed by atoms with Crippen molar-refractivity contribution in [1.29, 1.82) is 0 Å². The van der Waals surface area contributed by atoms with E-state index in [1.165, 1.54) is 18.4 Å². The third kappa shape index (κ3) is 4.70. The first kappa shape index (κ1) is 16.3. The minimum absolute atomic E-state index is 0.0479. The summed E-state index contributed by atoms with van der Waals surface area (Å²) in [7, 11) is 3.88. The average Bonchev–Trinajstić information content (AvgIpc) is 2.48. The van der Waals surface area contributed by atoms with Crippen molar-refractivity contribution in [2.45, 2.75) is 32.4 Å². The van der Waals surface area contributed by atoms with E-state index >= 15 is 0 Å². The van der Waals surface area contributed by atoms with E-state index in [4.69, 9.17) is 15.2 Å². The number of hydrogen-bond donors (Lipinski definition) is 1. The topological polar surface area (TPSA) is 47.7 Å². The van der Waals surface area contributed by atoms with Gasteiger partial charge in [0.2, 0.25) is 0 Å². The van der Waals surface area contributed by atoms with Gasteiger partial charge >= 0.3 is 0 Å². The molecule has 1 aliphatic rings. The summed E-state index contributed by atoms with van der Waals surface area (Å²) < 4.78 is 11.0. The first-order valence-corrected chi connectivity index (χ1v) is 7.79. The van der Waals surface area contributed by atoms with E-state index in [1.807, 2.05) is 19.1 Å². The summed E-state index contributed by atoms with van der Waals surface area (Å²) in [5.41, 5.74) is 8.34. The number of hydrogen-bond acceptors (Lipinski definition) is 4. The number of nitrogens with two attached hydrogens (primary N) is 1. The molecule has 0 radical (unpaired) electrons. The third-order valence-corrected chi connectivity index (χ3v) is 4.09. The minimum atomic E-state index is 0.0479. The van der Waals surface area contributed by atoms with Gasteiger partial charge in [-0.25, -0.2) is 0 Å². The van der Waals surface area contributed by atoms with Crippen LogP contribution in [-0.2, 0) is 11.3 Å². The van der Waals surface area contributed by atoms with E-state index in [-0.39, 0.29) is 6.04 Å². The largest absolute Gasteiger partial charge is 0.496 e. The molecule has 2 unspecified atom stereocenters. The molecule has 4 heteroatoms. The monoisotopic (exact) mass is 292 g/mol. The zero-order chi connectivity index (χ0) is 15.2. The second kappa shape index (κ2) is 7.78. The number of nitrogens with zero attached hydrogens (tertiary/aromatic N) is 1. The zero-order valence-electron chi connectivity index (χ0n) is 13.5. The van der Waals surface area contributed by atoms with Crippen LogP contribution in [0.1, 0.15) is 36.9 Å². The predicted octanol–water partition coefficient (Wildman–Crippen LogP) is 2.57. The van der Waals surface area contributed by atoms with Gasteiger partial charge in [0, 0.05) is 31.3 Å². The molecular formula is C17H28N2O2. The van der Waals surface area contributed by atoms with Crippen LogP contribution in [0, 0.1) is 5.92 Å². The Morgan fingerprint density at radius 3 is 2.90 bits per heavy atom. The van der Waals surface area contributed by atoms with Crippen LogP contribution in [0.2, 0.25) is 0 Å². The summed E-state index contributed by atoms with van der Waals surface area (Å²) in [6.45, 7) is 5.76. The van der Waals surface area contributed by atoms with Crippen molar-refractivity contribution in [1.82, 2.24) is 4.90 Å². The van der Waals surface area contributed by atoms with Gasteiger partial charge in [0.05, 0.1) is 13.7 Å². The van der Waals surface area contributed by atoms with Crippen molar-refractivity contribution in [3.63, 3.8) is 0 Å². The minimum Gasteiger partial charge on any atom is -0.496 e. The van der Waals surface area contributed by atoms with Crippen molar-refractivity contribution < 1.29 is 9.47 Å². The standard InChI is InChI=1S/C17H28N2O2/c1-13(18)15-6-7-17(20-3)16(9-15)11-19(2)10-14-5-4-8-21-12-14/h6-7,9,13-14H,4-5,8,10-12,18H2,1-3H3. The third-order valence-electron chi connectivity index (χ3n) is 4.09. The lowest BCUT2D eigenvalue weighted by molar-refractivity contribution is 0.0411. The van der Waals surface area contributed by atoms with Gasteiger partial charge in [-0.05, 0) is 50.4 Å². The Morgan fingerprint density at radius 2 is 2.29 bits per heavy atom. The molecule has 0 saturated carbocycles. The van der Waals surface area contributed by atoms with Gasteiger partial charge in [-0.15, -0.1) is 0 Å². The highest BCUT2D eigenvalue weighted by Crippen LogP contribution is 2.24. The summed E-state index contributed by atoms with van der Waals surface area (Å²) in [4.78, 5) is 2.35. The second-order valence-corrected chi connectivity index (χ2v) is 6.14. The van der Waals surface area contributed by atoms with Gasteiger partial charge < -0.3 is 20.1 Å². The number of ether oxygens (including phenoxy) is 2. The first-order valence-electron chi connectivity index (χ1n) is 7.79. The predicted molar refractivity (Wildman–Crippen MR) is 85.5 cm³/mol. The van der Waals surface area contributed by atoms with Gasteiger partial charge in [0.25, 0.3) is 0 Å². The Labute approximate surface area is 128 Å². The maximum Gasteiger partial charge on any atom is 0.123 e. The summed E-state index contributed by atoms with van der Waals surface area (Å²) in [5, 5.41) is 0. The number of methoxy groups -OCH3 is 1. The highest BCUT2D eigenvalue weighted by atomic mass is 16.5. The van der Waals surface area contributed by atoms with Crippen LogP contribution in [0.4, 0.5) is 0 Å². The van der Waals surface area contributed by atoms with E-state index in [9.17, 15) is 0 Å². The lowest BCUT2D eigenvalue weighted by atomic mass is 10.0. The molecule has 1 aromatic rings. The number of rotatable bonds is 6. The van der Waals surface area contributed by atoms with Gasteiger partial charge in [0.1, 0.15) is 5.75 Å². The maximum absolute atomic E-state index is 5.98. The lowest BCUT2D eigenvalue weighted by Crippen LogP contribution is -2.30. The highest BCUT2D eigenvalue weighted by molar-refractivity contribution is 5.38. The summed E-state index contributed by atoms with van der Waals surface area (Å²) in [6, 6.07) is 6.27. The van der Waals surface area contributed by atoms with Gasteiger partial charge in [-0.2, -0.15) is 0 Å². The fourth-order valence-corrected chi connectivity index (χ4v) is 2.95. The average molecular weight is 292 g/mol. The fraction of sp³-hybridized carbons (Fsp3) is 0.647. The first-order chi connectivity index (χ1) is 10.1. The summed E-state index contributed by atoms with van der Waals surface area (Å²) in [6.07, 6.45) is 2.45. The number of benzene rings is 1. The van der Waals surface area contributed by atoms with E-state index in [0.717, 1.165) is 37.6 Å². The smallest absolute Gasteiger partial charge is 0.123 e. The van der Waals surface area contributed by atoms with Crippen LogP contribution in [0.3, 0.4) is 0 Å². The molecule has 0 aliphatic carbocycles. The SMILES string of the molecule is COc1ccc(C(C)N)cc1CN(C)CC1CCCOC1. The molecular weight excluding hydrogens is 264 g/mol. The van der Waals surface area contributed by atoms with Gasteiger partial charge in [-0.1, -0.05) is 6.07 Å². The van der Waals surface area contributed by atoms with Crippen molar-refractivity contribution in [2.24, 2.45) is 11.7 Å². The van der Waals surface area contributed by atoms with Crippen molar-refractivity contribution in [3.05, 3.63) is 29.3 Å². The molecule has 118 valence electrons. The molecule has 1 saturated heterocycles. The molecule has 1 fully saturated rings. The molecule has 2 N–H and O–H groups in total. The van der Waals surface area contributed by atoms with Gasteiger partial charge in [0.15, 0.2) is 0 Å². The molecule has 21 heavy (non-hydrogen) atoms. The van der Waals surface area contributed by atoms with Crippen LogP contribution >= 0.6 is 0 Å². The Hall–Kier alpha value is -1.10. The normalized spacial score (nSPS) is 20.5. The van der Waals surface area contributed by atoms with Crippen molar-refractivity contribution in [2.75, 3.05) is 33.9 Å². The van der Waals surface area contributed by atoms with E-state index in [1.54, 1.807) is 7.11 Å². The maximum atomic E-state index is 5.98. The lowest BCUT2D eigenvalue weighted by Gasteiger charge is -2.27. The van der Waals surface area contributed by atoms with Crippen LogP contribution in [0.5, 0.6) is 5.75 Å². The molecule has 2 atom stereocenters. The van der Waals surface area contributed by atoms with Crippen molar-refractivity contribution in [3.8, 4) is 5.75 Å². The molecule has 4 nitrogen and oxygen atoms in total. The van der Waals surface area contributed by atoms with Crippen LogP contribution in [0.25, 0.3) is 0 Å². The van der Waals surface area contributed by atoms with Crippen molar-refractivity contribution >= 4 is 0 Å². The quantitative estimate of drug-likeness (QED) is 0.875. The summed E-state index contributed by atoms with van der Waals surface area (Å²) >= 11 is 0. The fourth-order valence-electron chi connectivity index (χ4n) is 2.95. The van der Waals surface area contributed by atoms with Gasteiger partial charge in [-0.3, -0.25) is 0 Å². The molecule has 0 aromatic heterocycles. The molecule has 1 aliphatic heterocycles.